The van der Waals surface area contributed by atoms with E-state index < -0.39 is 11.4 Å². The van der Waals surface area contributed by atoms with Gasteiger partial charge in [0.25, 0.3) is 0 Å². The second-order valence-corrected chi connectivity index (χ2v) is 6.51. The number of aryl methyl sites for hydroxylation is 1. The van der Waals surface area contributed by atoms with Crippen LogP contribution in [0.25, 0.3) is 0 Å². The summed E-state index contributed by atoms with van der Waals surface area (Å²) in [6, 6.07) is 13.3. The standard InChI is InChI=1S/C19H18ClFN2O/c1-19(2,16-9-8-15(21)11-17(16)20)23-18(24)10-7-13-3-5-14(12-22)6-4-13/h3-6,8-9,11H,7,10H2,1-2H3,(H,23,24). The lowest BCUT2D eigenvalue weighted by Crippen LogP contribution is -2.41. The summed E-state index contributed by atoms with van der Waals surface area (Å²) in [6.07, 6.45) is 0.888. The van der Waals surface area contributed by atoms with E-state index in [0.29, 0.717) is 24.0 Å². The molecule has 0 spiro atoms. The van der Waals surface area contributed by atoms with Gasteiger partial charge in [-0.2, -0.15) is 5.26 Å². The molecule has 0 bridgehead atoms. The minimum Gasteiger partial charge on any atom is -0.347 e. The van der Waals surface area contributed by atoms with Gasteiger partial charge < -0.3 is 5.32 Å². The average molecular weight is 345 g/mol. The monoisotopic (exact) mass is 344 g/mol. The molecule has 2 aromatic carbocycles. The number of nitrogens with one attached hydrogen (secondary N) is 1. The van der Waals surface area contributed by atoms with Crippen molar-refractivity contribution in [2.75, 3.05) is 0 Å². The van der Waals surface area contributed by atoms with Crippen LogP contribution in [0, 0.1) is 17.1 Å². The highest BCUT2D eigenvalue weighted by molar-refractivity contribution is 6.31. The van der Waals surface area contributed by atoms with Gasteiger partial charge in [0, 0.05) is 11.4 Å². The van der Waals surface area contributed by atoms with E-state index in [-0.39, 0.29) is 10.9 Å². The highest BCUT2D eigenvalue weighted by atomic mass is 35.5. The van der Waals surface area contributed by atoms with Crippen molar-refractivity contribution < 1.29 is 9.18 Å². The predicted molar refractivity (Wildman–Crippen MR) is 92.1 cm³/mol. The van der Waals surface area contributed by atoms with Gasteiger partial charge in [-0.15, -0.1) is 0 Å². The first kappa shape index (κ1) is 18.0. The van der Waals surface area contributed by atoms with Crippen molar-refractivity contribution in [1.82, 2.24) is 5.32 Å². The molecule has 3 nitrogen and oxygen atoms in total. The molecule has 2 aromatic rings. The summed E-state index contributed by atoms with van der Waals surface area (Å²) in [6.45, 7) is 3.65. The fraction of sp³-hybridized carbons (Fsp3) is 0.263. The summed E-state index contributed by atoms with van der Waals surface area (Å²) < 4.78 is 13.2. The zero-order valence-electron chi connectivity index (χ0n) is 13.6. The van der Waals surface area contributed by atoms with Gasteiger partial charge in [-0.1, -0.05) is 29.8 Å². The maximum Gasteiger partial charge on any atom is 0.221 e. The Kier molecular flexibility index (Phi) is 5.58. The third kappa shape index (κ3) is 4.56. The van der Waals surface area contributed by atoms with Crippen LogP contribution in [0.4, 0.5) is 4.39 Å². The van der Waals surface area contributed by atoms with E-state index in [1.165, 1.54) is 12.1 Å². The van der Waals surface area contributed by atoms with Crippen LogP contribution in [0.5, 0.6) is 0 Å². The van der Waals surface area contributed by atoms with Crippen molar-refractivity contribution in [2.24, 2.45) is 0 Å². The zero-order chi connectivity index (χ0) is 17.7. The van der Waals surface area contributed by atoms with Crippen LogP contribution >= 0.6 is 11.6 Å². The van der Waals surface area contributed by atoms with Crippen molar-refractivity contribution >= 4 is 17.5 Å². The molecule has 0 atom stereocenters. The third-order valence-corrected chi connectivity index (χ3v) is 4.09. The fourth-order valence-electron chi connectivity index (χ4n) is 2.48. The van der Waals surface area contributed by atoms with Gasteiger partial charge in [-0.05, 0) is 55.7 Å². The summed E-state index contributed by atoms with van der Waals surface area (Å²) >= 11 is 6.08. The molecule has 1 N–H and O–H groups in total. The number of benzene rings is 2. The lowest BCUT2D eigenvalue weighted by atomic mass is 9.93. The molecule has 124 valence electrons. The number of hydrogen-bond donors (Lipinski definition) is 1. The molecule has 0 aliphatic heterocycles. The highest BCUT2D eigenvalue weighted by Gasteiger charge is 2.25. The maximum absolute atomic E-state index is 13.2. The SMILES string of the molecule is CC(C)(NC(=O)CCc1ccc(C#N)cc1)c1ccc(F)cc1Cl. The molecule has 0 fully saturated rings. The van der Waals surface area contributed by atoms with Gasteiger partial charge in [0.2, 0.25) is 5.91 Å². The van der Waals surface area contributed by atoms with Gasteiger partial charge in [-0.25, -0.2) is 4.39 Å². The first-order valence-electron chi connectivity index (χ1n) is 7.57. The summed E-state index contributed by atoms with van der Waals surface area (Å²) in [4.78, 5) is 12.2. The van der Waals surface area contributed by atoms with Crippen LogP contribution in [-0.4, -0.2) is 5.91 Å². The number of rotatable bonds is 5. The first-order valence-corrected chi connectivity index (χ1v) is 7.95. The van der Waals surface area contributed by atoms with E-state index in [4.69, 9.17) is 16.9 Å². The van der Waals surface area contributed by atoms with Gasteiger partial charge in [0.1, 0.15) is 5.82 Å². The van der Waals surface area contributed by atoms with Crippen LogP contribution in [0.15, 0.2) is 42.5 Å². The van der Waals surface area contributed by atoms with E-state index in [0.717, 1.165) is 5.56 Å². The van der Waals surface area contributed by atoms with Crippen molar-refractivity contribution in [3.8, 4) is 6.07 Å². The summed E-state index contributed by atoms with van der Waals surface area (Å²) in [7, 11) is 0. The summed E-state index contributed by atoms with van der Waals surface area (Å²) in [5.41, 5.74) is 1.54. The van der Waals surface area contributed by atoms with E-state index >= 15 is 0 Å². The van der Waals surface area contributed by atoms with Crippen LogP contribution in [0.1, 0.15) is 37.0 Å². The van der Waals surface area contributed by atoms with Gasteiger partial charge in [-0.3, -0.25) is 4.79 Å². The third-order valence-electron chi connectivity index (χ3n) is 3.78. The van der Waals surface area contributed by atoms with E-state index in [9.17, 15) is 9.18 Å². The molecule has 0 aliphatic carbocycles. The largest absolute Gasteiger partial charge is 0.347 e. The zero-order valence-corrected chi connectivity index (χ0v) is 14.3. The summed E-state index contributed by atoms with van der Waals surface area (Å²) in [5, 5.41) is 12.0. The molecular formula is C19H18ClFN2O. The summed E-state index contributed by atoms with van der Waals surface area (Å²) in [5.74, 6) is -0.531. The van der Waals surface area contributed by atoms with E-state index in [2.05, 4.69) is 11.4 Å². The average Bonchev–Trinajstić information content (AvgIpc) is 2.52. The van der Waals surface area contributed by atoms with Crippen molar-refractivity contribution in [3.05, 3.63) is 70.0 Å². The van der Waals surface area contributed by atoms with Gasteiger partial charge in [0.15, 0.2) is 0 Å². The lowest BCUT2D eigenvalue weighted by molar-refractivity contribution is -0.122. The van der Waals surface area contributed by atoms with E-state index in [1.54, 1.807) is 18.2 Å². The lowest BCUT2D eigenvalue weighted by Gasteiger charge is -2.28. The maximum atomic E-state index is 13.2. The molecule has 0 aromatic heterocycles. The number of hydrogen-bond acceptors (Lipinski definition) is 2. The molecule has 5 heteroatoms. The topological polar surface area (TPSA) is 52.9 Å². The van der Waals surface area contributed by atoms with Crippen LogP contribution in [0.2, 0.25) is 5.02 Å². The highest BCUT2D eigenvalue weighted by Crippen LogP contribution is 2.28. The van der Waals surface area contributed by atoms with Crippen LogP contribution in [0.3, 0.4) is 0 Å². The molecule has 2 rings (SSSR count). The molecular weight excluding hydrogens is 327 g/mol. The smallest absolute Gasteiger partial charge is 0.221 e. The Morgan fingerprint density at radius 1 is 1.25 bits per heavy atom. The second kappa shape index (κ2) is 7.46. The van der Waals surface area contributed by atoms with Gasteiger partial charge >= 0.3 is 0 Å². The predicted octanol–water partition coefficient (Wildman–Crippen LogP) is 4.33. The minimum absolute atomic E-state index is 0.121. The Balaban J connectivity index is 1.98. The molecule has 0 aliphatic rings. The van der Waals surface area contributed by atoms with Crippen molar-refractivity contribution in [1.29, 1.82) is 5.26 Å². The molecule has 1 amide bonds. The number of nitriles is 1. The molecule has 0 heterocycles. The van der Waals surface area contributed by atoms with Crippen LogP contribution in [-0.2, 0) is 16.8 Å². The molecule has 24 heavy (non-hydrogen) atoms. The fourth-order valence-corrected chi connectivity index (χ4v) is 2.88. The Morgan fingerprint density at radius 2 is 1.92 bits per heavy atom. The molecule has 0 saturated carbocycles. The number of halogens is 2. The van der Waals surface area contributed by atoms with Gasteiger partial charge in [0.05, 0.1) is 17.2 Å². The minimum atomic E-state index is -0.702. The number of nitrogens with zero attached hydrogens (tertiary/aromatic N) is 1. The number of amides is 1. The van der Waals surface area contributed by atoms with Crippen molar-refractivity contribution in [2.45, 2.75) is 32.2 Å². The molecule has 0 unspecified atom stereocenters. The van der Waals surface area contributed by atoms with E-state index in [1.807, 2.05) is 26.0 Å². The Morgan fingerprint density at radius 3 is 2.50 bits per heavy atom. The Labute approximate surface area is 146 Å². The quantitative estimate of drug-likeness (QED) is 0.877. The molecule has 0 saturated heterocycles. The Bertz CT molecular complexity index is 779. The number of carbonyl (C=O) groups excluding carboxylic acids is 1. The first-order chi connectivity index (χ1) is 11.3. The normalized spacial score (nSPS) is 11.0. The number of carbonyl (C=O) groups is 1. The molecule has 0 radical (unpaired) electrons. The van der Waals surface area contributed by atoms with Crippen molar-refractivity contribution in [3.63, 3.8) is 0 Å². The van der Waals surface area contributed by atoms with Crippen LogP contribution < -0.4 is 5.32 Å². The second-order valence-electron chi connectivity index (χ2n) is 6.11. The Hall–Kier alpha value is -2.38.